The molecule has 7 heteroatoms. The van der Waals surface area contributed by atoms with Gasteiger partial charge in [-0.3, -0.25) is 4.79 Å². The summed E-state index contributed by atoms with van der Waals surface area (Å²) in [5.74, 6) is 0.115. The van der Waals surface area contributed by atoms with Crippen LogP contribution in [-0.2, 0) is 4.79 Å². The second-order valence-corrected chi connectivity index (χ2v) is 6.27. The van der Waals surface area contributed by atoms with Gasteiger partial charge in [0.05, 0.1) is 5.02 Å². The molecule has 1 saturated heterocycles. The molecule has 1 aliphatic rings. The van der Waals surface area contributed by atoms with Gasteiger partial charge in [-0.2, -0.15) is 5.10 Å². The van der Waals surface area contributed by atoms with Gasteiger partial charge in [0.2, 0.25) is 0 Å². The standard InChI is InChI=1S/C16H21Cl2N3O2/c1-3-21-8-6-13(7-9-21)19-20-16(22)11(2)23-15-5-4-12(17)10-14(15)18/h4-5,10-11H,3,6-9H2,1-2H3,(H,20,22). The van der Waals surface area contributed by atoms with Gasteiger partial charge in [-0.25, -0.2) is 5.43 Å². The van der Waals surface area contributed by atoms with Crippen molar-refractivity contribution >= 4 is 34.8 Å². The topological polar surface area (TPSA) is 53.9 Å². The average Bonchev–Trinajstić information content (AvgIpc) is 2.55. The number of carbonyl (C=O) groups excluding carboxylic acids is 1. The molecule has 1 fully saturated rings. The van der Waals surface area contributed by atoms with Crippen LogP contribution in [-0.4, -0.2) is 42.3 Å². The van der Waals surface area contributed by atoms with Crippen LogP contribution in [0.3, 0.4) is 0 Å². The first-order chi connectivity index (χ1) is 11.0. The fourth-order valence-corrected chi connectivity index (χ4v) is 2.73. The number of amides is 1. The number of nitrogens with zero attached hydrogens (tertiary/aromatic N) is 2. The van der Waals surface area contributed by atoms with Gasteiger partial charge < -0.3 is 9.64 Å². The number of hydrogen-bond acceptors (Lipinski definition) is 4. The molecular formula is C16H21Cl2N3O2. The van der Waals surface area contributed by atoms with E-state index in [9.17, 15) is 4.79 Å². The molecular weight excluding hydrogens is 337 g/mol. The second kappa shape index (κ2) is 8.52. The number of halogens is 2. The molecule has 0 spiro atoms. The van der Waals surface area contributed by atoms with Crippen LogP contribution in [0.15, 0.2) is 23.3 Å². The van der Waals surface area contributed by atoms with Crippen LogP contribution >= 0.6 is 23.2 Å². The third kappa shape index (κ3) is 5.37. The fraction of sp³-hybridized carbons (Fsp3) is 0.500. The molecule has 5 nitrogen and oxygen atoms in total. The van der Waals surface area contributed by atoms with E-state index in [1.807, 2.05) is 0 Å². The second-order valence-electron chi connectivity index (χ2n) is 5.42. The van der Waals surface area contributed by atoms with E-state index < -0.39 is 6.10 Å². The van der Waals surface area contributed by atoms with Crippen LogP contribution in [0, 0.1) is 0 Å². The lowest BCUT2D eigenvalue weighted by molar-refractivity contribution is -0.127. The van der Waals surface area contributed by atoms with Crippen molar-refractivity contribution in [1.82, 2.24) is 10.3 Å². The highest BCUT2D eigenvalue weighted by molar-refractivity contribution is 6.35. The summed E-state index contributed by atoms with van der Waals surface area (Å²) in [6.07, 6.45) is 1.06. The maximum atomic E-state index is 12.1. The number of ether oxygens (including phenoxy) is 1. The lowest BCUT2D eigenvalue weighted by Crippen LogP contribution is -2.37. The molecule has 126 valence electrons. The van der Waals surface area contributed by atoms with E-state index in [0.717, 1.165) is 38.2 Å². The highest BCUT2D eigenvalue weighted by Gasteiger charge is 2.17. The van der Waals surface area contributed by atoms with Gasteiger partial charge in [-0.05, 0) is 31.7 Å². The summed E-state index contributed by atoms with van der Waals surface area (Å²) in [5, 5.41) is 5.10. The largest absolute Gasteiger partial charge is 0.479 e. The van der Waals surface area contributed by atoms with Gasteiger partial charge in [0.1, 0.15) is 5.75 Å². The summed E-state index contributed by atoms with van der Waals surface area (Å²) in [4.78, 5) is 14.4. The van der Waals surface area contributed by atoms with Crippen molar-refractivity contribution in [3.63, 3.8) is 0 Å². The van der Waals surface area contributed by atoms with E-state index in [-0.39, 0.29) is 5.91 Å². The zero-order valence-corrected chi connectivity index (χ0v) is 14.8. The Labute approximate surface area is 146 Å². The average molecular weight is 358 g/mol. The van der Waals surface area contributed by atoms with Crippen LogP contribution in [0.1, 0.15) is 26.7 Å². The number of piperidine rings is 1. The van der Waals surface area contributed by atoms with Crippen molar-refractivity contribution in [2.75, 3.05) is 19.6 Å². The summed E-state index contributed by atoms with van der Waals surface area (Å²) >= 11 is 11.9. The van der Waals surface area contributed by atoms with Crippen LogP contribution in [0.25, 0.3) is 0 Å². The first-order valence-corrected chi connectivity index (χ1v) is 8.44. The predicted octanol–water partition coefficient (Wildman–Crippen LogP) is 3.35. The summed E-state index contributed by atoms with van der Waals surface area (Å²) in [6, 6.07) is 4.88. The van der Waals surface area contributed by atoms with Gasteiger partial charge in [0.25, 0.3) is 5.91 Å². The van der Waals surface area contributed by atoms with E-state index in [1.54, 1.807) is 25.1 Å². The first-order valence-electron chi connectivity index (χ1n) is 7.69. The van der Waals surface area contributed by atoms with Crippen molar-refractivity contribution in [1.29, 1.82) is 0 Å². The Morgan fingerprint density at radius 3 is 2.70 bits per heavy atom. The number of carbonyl (C=O) groups is 1. The Morgan fingerprint density at radius 1 is 1.39 bits per heavy atom. The molecule has 23 heavy (non-hydrogen) atoms. The highest BCUT2D eigenvalue weighted by Crippen LogP contribution is 2.28. The highest BCUT2D eigenvalue weighted by atomic mass is 35.5. The molecule has 2 rings (SSSR count). The maximum absolute atomic E-state index is 12.1. The lowest BCUT2D eigenvalue weighted by atomic mass is 10.1. The lowest BCUT2D eigenvalue weighted by Gasteiger charge is -2.25. The zero-order chi connectivity index (χ0) is 16.8. The first kappa shape index (κ1) is 18.0. The minimum Gasteiger partial charge on any atom is -0.479 e. The molecule has 1 amide bonds. The predicted molar refractivity (Wildman–Crippen MR) is 93.5 cm³/mol. The Hall–Kier alpha value is -1.30. The number of hydrogen-bond donors (Lipinski definition) is 1. The van der Waals surface area contributed by atoms with Gasteiger partial charge >= 0.3 is 0 Å². The number of hydrazone groups is 1. The summed E-state index contributed by atoms with van der Waals surface area (Å²) in [6.45, 7) is 6.81. The minimum atomic E-state index is -0.700. The van der Waals surface area contributed by atoms with Gasteiger partial charge in [-0.1, -0.05) is 30.1 Å². The third-order valence-electron chi connectivity index (χ3n) is 3.77. The Morgan fingerprint density at radius 2 is 2.09 bits per heavy atom. The van der Waals surface area contributed by atoms with E-state index in [0.29, 0.717) is 15.8 Å². The Balaban J connectivity index is 1.85. The molecule has 0 saturated carbocycles. The van der Waals surface area contributed by atoms with Crippen molar-refractivity contribution < 1.29 is 9.53 Å². The number of nitrogens with one attached hydrogen (secondary N) is 1. The van der Waals surface area contributed by atoms with Gasteiger partial charge in [0, 0.05) is 36.7 Å². The van der Waals surface area contributed by atoms with Crippen molar-refractivity contribution in [3.05, 3.63) is 28.2 Å². The molecule has 0 bridgehead atoms. The van der Waals surface area contributed by atoms with E-state index in [2.05, 4.69) is 22.4 Å². The molecule has 0 radical (unpaired) electrons. The van der Waals surface area contributed by atoms with Crippen molar-refractivity contribution in [2.45, 2.75) is 32.8 Å². The van der Waals surface area contributed by atoms with Crippen LogP contribution in [0.2, 0.25) is 10.0 Å². The van der Waals surface area contributed by atoms with Crippen molar-refractivity contribution in [3.8, 4) is 5.75 Å². The van der Waals surface area contributed by atoms with Gasteiger partial charge in [0.15, 0.2) is 6.10 Å². The molecule has 1 aromatic rings. The monoisotopic (exact) mass is 357 g/mol. The van der Waals surface area contributed by atoms with Crippen LogP contribution in [0.4, 0.5) is 0 Å². The molecule has 1 aliphatic heterocycles. The van der Waals surface area contributed by atoms with E-state index >= 15 is 0 Å². The van der Waals surface area contributed by atoms with Gasteiger partial charge in [-0.15, -0.1) is 0 Å². The molecule has 1 atom stereocenters. The minimum absolute atomic E-state index is 0.304. The summed E-state index contributed by atoms with van der Waals surface area (Å²) in [7, 11) is 0. The molecule has 1 aromatic carbocycles. The smallest absolute Gasteiger partial charge is 0.280 e. The summed E-state index contributed by atoms with van der Waals surface area (Å²) < 4.78 is 5.56. The molecule has 1 unspecified atom stereocenters. The summed E-state index contributed by atoms with van der Waals surface area (Å²) in [5.41, 5.74) is 3.59. The molecule has 1 heterocycles. The quantitative estimate of drug-likeness (QED) is 0.822. The Kier molecular flexibility index (Phi) is 6.69. The molecule has 1 N–H and O–H groups in total. The SMILES string of the molecule is CCN1CCC(=NNC(=O)C(C)Oc2ccc(Cl)cc2Cl)CC1. The third-order valence-corrected chi connectivity index (χ3v) is 4.30. The normalized spacial score (nSPS) is 16.8. The van der Waals surface area contributed by atoms with Crippen molar-refractivity contribution in [2.24, 2.45) is 5.10 Å². The maximum Gasteiger partial charge on any atom is 0.280 e. The fourth-order valence-electron chi connectivity index (χ4n) is 2.28. The number of rotatable bonds is 5. The Bertz CT molecular complexity index is 583. The molecule has 0 aliphatic carbocycles. The molecule has 0 aromatic heterocycles. The van der Waals surface area contributed by atoms with E-state index in [4.69, 9.17) is 27.9 Å². The zero-order valence-electron chi connectivity index (χ0n) is 13.3. The van der Waals surface area contributed by atoms with Crippen LogP contribution < -0.4 is 10.2 Å². The van der Waals surface area contributed by atoms with E-state index in [1.165, 1.54) is 0 Å². The number of likely N-dealkylation sites (tertiary alicyclic amines) is 1. The number of benzene rings is 1. The van der Waals surface area contributed by atoms with Crippen LogP contribution in [0.5, 0.6) is 5.75 Å².